The molecule has 1 aliphatic rings. The smallest absolute Gasteiger partial charge is 0.280 e. The maximum absolute atomic E-state index is 12.4. The molecule has 4 rings (SSSR count). The summed E-state index contributed by atoms with van der Waals surface area (Å²) < 4.78 is 7.36. The number of hydrogen-bond acceptors (Lipinski definition) is 5. The third-order valence-electron chi connectivity index (χ3n) is 4.28. The number of H-pyrrole nitrogens is 1. The minimum absolute atomic E-state index is 0.198. The first kappa shape index (κ1) is 14.9. The highest BCUT2D eigenvalue weighted by Crippen LogP contribution is 2.16. The van der Waals surface area contributed by atoms with Crippen molar-refractivity contribution in [3.63, 3.8) is 0 Å². The van der Waals surface area contributed by atoms with Crippen LogP contribution in [-0.2, 0) is 11.3 Å². The monoisotopic (exact) mass is 325 g/mol. The summed E-state index contributed by atoms with van der Waals surface area (Å²) in [6.07, 6.45) is 0. The molecular formula is C17H19N5O2. The van der Waals surface area contributed by atoms with Crippen LogP contribution in [0.2, 0.25) is 0 Å². The number of anilines is 1. The summed E-state index contributed by atoms with van der Waals surface area (Å²) in [6.45, 7) is 5.27. The van der Waals surface area contributed by atoms with Crippen molar-refractivity contribution >= 4 is 17.1 Å². The van der Waals surface area contributed by atoms with E-state index in [0.717, 1.165) is 24.5 Å². The van der Waals surface area contributed by atoms with Gasteiger partial charge in [0.25, 0.3) is 5.56 Å². The van der Waals surface area contributed by atoms with E-state index in [2.05, 4.69) is 22.1 Å². The van der Waals surface area contributed by atoms with Gasteiger partial charge in [0.15, 0.2) is 11.2 Å². The van der Waals surface area contributed by atoms with Crippen LogP contribution in [0, 0.1) is 6.92 Å². The highest BCUT2D eigenvalue weighted by Gasteiger charge is 2.18. The minimum Gasteiger partial charge on any atom is -0.378 e. The molecule has 0 atom stereocenters. The number of nitrogens with one attached hydrogen (secondary N) is 1. The van der Waals surface area contributed by atoms with Gasteiger partial charge in [-0.1, -0.05) is 30.3 Å². The van der Waals surface area contributed by atoms with E-state index < -0.39 is 0 Å². The highest BCUT2D eigenvalue weighted by atomic mass is 16.5. The van der Waals surface area contributed by atoms with Crippen LogP contribution < -0.4 is 10.5 Å². The Hall–Kier alpha value is -2.67. The predicted octanol–water partition coefficient (Wildman–Crippen LogP) is 1.31. The molecule has 0 bridgehead atoms. The molecule has 1 fully saturated rings. The number of morpholine rings is 1. The average Bonchev–Trinajstić information content (AvgIpc) is 2.93. The van der Waals surface area contributed by atoms with Gasteiger partial charge in [-0.15, -0.1) is 0 Å². The van der Waals surface area contributed by atoms with E-state index >= 15 is 0 Å². The number of rotatable bonds is 3. The lowest BCUT2D eigenvalue weighted by atomic mass is 10.2. The van der Waals surface area contributed by atoms with E-state index in [0.29, 0.717) is 36.9 Å². The molecule has 124 valence electrons. The molecular weight excluding hydrogens is 306 g/mol. The molecule has 1 aliphatic heterocycles. The normalized spacial score (nSPS) is 15.1. The van der Waals surface area contributed by atoms with Gasteiger partial charge in [-0.2, -0.15) is 4.98 Å². The number of hydrogen-bond donors (Lipinski definition) is 1. The number of fused-ring (bicyclic) bond motifs is 1. The number of ether oxygens (including phenoxy) is 1. The zero-order valence-corrected chi connectivity index (χ0v) is 13.5. The summed E-state index contributed by atoms with van der Waals surface area (Å²) in [4.78, 5) is 26.4. The van der Waals surface area contributed by atoms with Crippen molar-refractivity contribution in [3.05, 3.63) is 52.1 Å². The largest absolute Gasteiger partial charge is 0.378 e. The summed E-state index contributed by atoms with van der Waals surface area (Å²) in [5.41, 5.74) is 1.97. The quantitative estimate of drug-likeness (QED) is 0.786. The van der Waals surface area contributed by atoms with Crippen LogP contribution in [0.4, 0.5) is 5.95 Å². The molecule has 7 nitrogen and oxygen atoms in total. The third kappa shape index (κ3) is 2.67. The van der Waals surface area contributed by atoms with Crippen molar-refractivity contribution in [2.75, 3.05) is 31.2 Å². The van der Waals surface area contributed by atoms with Crippen LogP contribution >= 0.6 is 0 Å². The van der Waals surface area contributed by atoms with Crippen molar-refractivity contribution < 1.29 is 4.74 Å². The molecule has 1 aromatic carbocycles. The van der Waals surface area contributed by atoms with E-state index in [4.69, 9.17) is 9.72 Å². The molecule has 0 amide bonds. The molecule has 24 heavy (non-hydrogen) atoms. The zero-order chi connectivity index (χ0) is 16.5. The second-order valence-electron chi connectivity index (χ2n) is 5.89. The van der Waals surface area contributed by atoms with Gasteiger partial charge in [0.1, 0.15) is 5.82 Å². The Labute approximate surface area is 138 Å². The first-order valence-electron chi connectivity index (χ1n) is 8.06. The SMILES string of the molecule is Cc1nc2c(=O)[nH]c(N3CCOCC3)nc2n1Cc1ccccc1. The lowest BCUT2D eigenvalue weighted by Crippen LogP contribution is -2.38. The van der Waals surface area contributed by atoms with Crippen molar-refractivity contribution in [2.24, 2.45) is 0 Å². The fourth-order valence-electron chi connectivity index (χ4n) is 2.99. The molecule has 2 aromatic heterocycles. The van der Waals surface area contributed by atoms with Crippen LogP contribution in [0.15, 0.2) is 35.1 Å². The second-order valence-corrected chi connectivity index (χ2v) is 5.89. The Kier molecular flexibility index (Phi) is 3.78. The Morgan fingerprint density at radius 1 is 1.17 bits per heavy atom. The second kappa shape index (κ2) is 6.09. The van der Waals surface area contributed by atoms with E-state index in [-0.39, 0.29) is 5.56 Å². The Balaban J connectivity index is 1.80. The predicted molar refractivity (Wildman–Crippen MR) is 91.5 cm³/mol. The van der Waals surface area contributed by atoms with Gasteiger partial charge in [-0.3, -0.25) is 9.78 Å². The van der Waals surface area contributed by atoms with E-state index in [1.807, 2.05) is 34.6 Å². The van der Waals surface area contributed by atoms with Gasteiger partial charge in [-0.25, -0.2) is 4.98 Å². The molecule has 0 radical (unpaired) electrons. The molecule has 1 N–H and O–H groups in total. The average molecular weight is 325 g/mol. The summed E-state index contributed by atoms with van der Waals surface area (Å²) in [5, 5.41) is 0. The Bertz CT molecular complexity index is 910. The van der Waals surface area contributed by atoms with Crippen LogP contribution in [0.1, 0.15) is 11.4 Å². The van der Waals surface area contributed by atoms with E-state index in [1.54, 1.807) is 0 Å². The number of nitrogens with zero attached hydrogens (tertiary/aromatic N) is 4. The number of imidazole rings is 1. The van der Waals surface area contributed by atoms with Crippen LogP contribution in [0.5, 0.6) is 0 Å². The number of aromatic amines is 1. The van der Waals surface area contributed by atoms with E-state index in [1.165, 1.54) is 0 Å². The first-order chi connectivity index (χ1) is 11.7. The van der Waals surface area contributed by atoms with Crippen molar-refractivity contribution in [1.29, 1.82) is 0 Å². The third-order valence-corrected chi connectivity index (χ3v) is 4.28. The molecule has 3 aromatic rings. The van der Waals surface area contributed by atoms with Crippen molar-refractivity contribution in [2.45, 2.75) is 13.5 Å². The number of aromatic nitrogens is 4. The van der Waals surface area contributed by atoms with Gasteiger partial charge in [-0.05, 0) is 12.5 Å². The van der Waals surface area contributed by atoms with Crippen LogP contribution in [-0.4, -0.2) is 45.8 Å². The highest BCUT2D eigenvalue weighted by molar-refractivity contribution is 5.72. The van der Waals surface area contributed by atoms with Crippen LogP contribution in [0.3, 0.4) is 0 Å². The molecule has 7 heteroatoms. The van der Waals surface area contributed by atoms with Crippen LogP contribution in [0.25, 0.3) is 11.2 Å². The van der Waals surface area contributed by atoms with Gasteiger partial charge in [0.05, 0.1) is 19.8 Å². The van der Waals surface area contributed by atoms with Gasteiger partial charge in [0, 0.05) is 13.1 Å². The molecule has 0 unspecified atom stereocenters. The summed E-state index contributed by atoms with van der Waals surface area (Å²) in [7, 11) is 0. The maximum Gasteiger partial charge on any atom is 0.280 e. The fraction of sp³-hybridized carbons (Fsp3) is 0.353. The summed E-state index contributed by atoms with van der Waals surface area (Å²) in [6, 6.07) is 10.1. The maximum atomic E-state index is 12.4. The van der Waals surface area contributed by atoms with Gasteiger partial charge >= 0.3 is 0 Å². The van der Waals surface area contributed by atoms with Crippen molar-refractivity contribution in [1.82, 2.24) is 19.5 Å². The Morgan fingerprint density at radius 3 is 2.67 bits per heavy atom. The summed E-state index contributed by atoms with van der Waals surface area (Å²) >= 11 is 0. The first-order valence-corrected chi connectivity index (χ1v) is 8.06. The minimum atomic E-state index is -0.198. The zero-order valence-electron chi connectivity index (χ0n) is 13.5. The molecule has 0 aliphatic carbocycles. The van der Waals surface area contributed by atoms with Gasteiger partial charge < -0.3 is 14.2 Å². The number of aryl methyl sites for hydroxylation is 1. The fourth-order valence-corrected chi connectivity index (χ4v) is 2.99. The van der Waals surface area contributed by atoms with E-state index in [9.17, 15) is 4.79 Å². The molecule has 3 heterocycles. The van der Waals surface area contributed by atoms with Gasteiger partial charge in [0.2, 0.25) is 5.95 Å². The van der Waals surface area contributed by atoms with Crippen molar-refractivity contribution in [3.8, 4) is 0 Å². The number of benzene rings is 1. The standard InChI is InChI=1S/C17H19N5O2/c1-12-18-14-15(22(12)11-13-5-3-2-4-6-13)19-17(20-16(14)23)21-7-9-24-10-8-21/h2-6H,7-11H2,1H3,(H,19,20,23). The molecule has 0 spiro atoms. The topological polar surface area (TPSA) is 76.0 Å². The molecule has 1 saturated heterocycles. The lowest BCUT2D eigenvalue weighted by molar-refractivity contribution is 0.122. The lowest BCUT2D eigenvalue weighted by Gasteiger charge is -2.27. The summed E-state index contributed by atoms with van der Waals surface area (Å²) in [5.74, 6) is 1.37. The molecule has 0 saturated carbocycles. The Morgan fingerprint density at radius 2 is 1.92 bits per heavy atom.